The number of rotatable bonds is 7. The molecule has 0 bridgehead atoms. The fourth-order valence-electron chi connectivity index (χ4n) is 2.57. The lowest BCUT2D eigenvalue weighted by molar-refractivity contribution is 0.0762. The van der Waals surface area contributed by atoms with Crippen LogP contribution in [0.2, 0.25) is 0 Å². The van der Waals surface area contributed by atoms with Crippen LogP contribution in [-0.4, -0.2) is 35.8 Å². The third-order valence-electron chi connectivity index (χ3n) is 4.26. The minimum atomic E-state index is -0.756. The second-order valence-corrected chi connectivity index (χ2v) is 5.80. The maximum absolute atomic E-state index is 12.9. The van der Waals surface area contributed by atoms with Crippen molar-refractivity contribution in [3.8, 4) is 5.75 Å². The summed E-state index contributed by atoms with van der Waals surface area (Å²) in [5.41, 5.74) is 0.610. The Labute approximate surface area is 146 Å². The number of aldehydes is 1. The van der Waals surface area contributed by atoms with Crippen molar-refractivity contribution in [1.82, 2.24) is 9.88 Å². The van der Waals surface area contributed by atoms with Gasteiger partial charge in [-0.2, -0.15) is 0 Å². The SMILES string of the molecule is CC[C@H](C)[C@H](NC(=O)c1ccccc1OC)C(=O)n1cccc1C=O. The van der Waals surface area contributed by atoms with Crippen molar-refractivity contribution in [3.05, 3.63) is 53.9 Å². The summed E-state index contributed by atoms with van der Waals surface area (Å²) in [7, 11) is 1.49. The number of ether oxygens (including phenoxy) is 1. The molecule has 2 rings (SSSR count). The minimum absolute atomic E-state index is 0.104. The van der Waals surface area contributed by atoms with E-state index in [1.165, 1.54) is 17.9 Å². The zero-order valence-corrected chi connectivity index (χ0v) is 14.6. The normalized spacial score (nSPS) is 12.9. The molecule has 1 N–H and O–H groups in total. The van der Waals surface area contributed by atoms with Crippen molar-refractivity contribution in [2.24, 2.45) is 5.92 Å². The Morgan fingerprint density at radius 2 is 1.96 bits per heavy atom. The molecule has 0 aliphatic heterocycles. The van der Waals surface area contributed by atoms with Gasteiger partial charge in [0.1, 0.15) is 11.8 Å². The predicted molar refractivity (Wildman–Crippen MR) is 94.1 cm³/mol. The number of amides is 1. The maximum atomic E-state index is 12.9. The van der Waals surface area contributed by atoms with Gasteiger partial charge in [0.2, 0.25) is 0 Å². The molecule has 0 spiro atoms. The summed E-state index contributed by atoms with van der Waals surface area (Å²) in [5.74, 6) is -0.404. The van der Waals surface area contributed by atoms with Gasteiger partial charge in [-0.25, -0.2) is 0 Å². The van der Waals surface area contributed by atoms with E-state index in [-0.39, 0.29) is 17.5 Å². The van der Waals surface area contributed by atoms with E-state index in [0.29, 0.717) is 24.0 Å². The molecule has 1 heterocycles. The highest BCUT2D eigenvalue weighted by Crippen LogP contribution is 2.19. The Morgan fingerprint density at radius 3 is 2.60 bits per heavy atom. The van der Waals surface area contributed by atoms with Crippen molar-refractivity contribution >= 4 is 18.1 Å². The summed E-state index contributed by atoms with van der Waals surface area (Å²) in [6.45, 7) is 3.83. The summed E-state index contributed by atoms with van der Waals surface area (Å²) in [6.07, 6.45) is 2.84. The Bertz CT molecular complexity index is 766. The standard InChI is InChI=1S/C19H22N2O4/c1-4-13(2)17(19(24)21-11-7-8-14(21)12-22)20-18(23)15-9-5-6-10-16(15)25-3/h5-13,17H,4H2,1-3H3,(H,20,23)/t13-,17-/m0/s1. The molecule has 0 aliphatic rings. The highest BCUT2D eigenvalue weighted by Gasteiger charge is 2.29. The molecule has 2 aromatic rings. The maximum Gasteiger partial charge on any atom is 0.255 e. The number of carbonyl (C=O) groups is 3. The molecule has 0 saturated heterocycles. The molecule has 132 valence electrons. The number of hydrogen-bond donors (Lipinski definition) is 1. The first-order valence-electron chi connectivity index (χ1n) is 8.14. The van der Waals surface area contributed by atoms with Gasteiger partial charge in [-0.3, -0.25) is 19.0 Å². The summed E-state index contributed by atoms with van der Waals surface area (Å²) < 4.78 is 6.48. The fourth-order valence-corrected chi connectivity index (χ4v) is 2.57. The summed E-state index contributed by atoms with van der Waals surface area (Å²) in [6, 6.07) is 9.24. The minimum Gasteiger partial charge on any atom is -0.496 e. The molecule has 0 saturated carbocycles. The number of hydrogen-bond acceptors (Lipinski definition) is 4. The van der Waals surface area contributed by atoms with Crippen molar-refractivity contribution in [2.75, 3.05) is 7.11 Å². The van der Waals surface area contributed by atoms with Crippen LogP contribution in [0, 0.1) is 5.92 Å². The quantitative estimate of drug-likeness (QED) is 0.785. The smallest absolute Gasteiger partial charge is 0.255 e. The third kappa shape index (κ3) is 3.96. The number of carbonyl (C=O) groups excluding carboxylic acids is 3. The molecule has 0 aliphatic carbocycles. The zero-order chi connectivity index (χ0) is 18.4. The number of benzene rings is 1. The first kappa shape index (κ1) is 18.4. The molecular formula is C19H22N2O4. The summed E-state index contributed by atoms with van der Waals surface area (Å²) in [5, 5.41) is 2.79. The first-order valence-corrected chi connectivity index (χ1v) is 8.14. The molecule has 25 heavy (non-hydrogen) atoms. The van der Waals surface area contributed by atoms with Crippen LogP contribution in [0.25, 0.3) is 0 Å². The van der Waals surface area contributed by atoms with Gasteiger partial charge in [-0.05, 0) is 30.2 Å². The van der Waals surface area contributed by atoms with Crippen LogP contribution in [0.3, 0.4) is 0 Å². The van der Waals surface area contributed by atoms with Crippen LogP contribution in [0.4, 0.5) is 0 Å². The van der Waals surface area contributed by atoms with Gasteiger partial charge in [-0.1, -0.05) is 32.4 Å². The lowest BCUT2D eigenvalue weighted by atomic mass is 9.97. The monoisotopic (exact) mass is 342 g/mol. The largest absolute Gasteiger partial charge is 0.496 e. The van der Waals surface area contributed by atoms with Crippen LogP contribution in [0.1, 0.15) is 45.9 Å². The van der Waals surface area contributed by atoms with Gasteiger partial charge in [0.15, 0.2) is 6.29 Å². The fraction of sp³-hybridized carbons (Fsp3) is 0.316. The number of nitrogens with zero attached hydrogens (tertiary/aromatic N) is 1. The Kier molecular flexibility index (Phi) is 6.11. The van der Waals surface area contributed by atoms with E-state index >= 15 is 0 Å². The molecule has 1 aromatic heterocycles. The number of methoxy groups -OCH3 is 1. The van der Waals surface area contributed by atoms with Gasteiger partial charge in [0.05, 0.1) is 18.4 Å². The average molecular weight is 342 g/mol. The van der Waals surface area contributed by atoms with Crippen LogP contribution >= 0.6 is 0 Å². The highest BCUT2D eigenvalue weighted by molar-refractivity contribution is 6.00. The van der Waals surface area contributed by atoms with Crippen molar-refractivity contribution < 1.29 is 19.1 Å². The highest BCUT2D eigenvalue weighted by atomic mass is 16.5. The molecule has 1 aromatic carbocycles. The van der Waals surface area contributed by atoms with E-state index < -0.39 is 11.9 Å². The lowest BCUT2D eigenvalue weighted by Crippen LogP contribution is -2.47. The van der Waals surface area contributed by atoms with E-state index in [1.54, 1.807) is 36.4 Å². The molecule has 0 radical (unpaired) electrons. The zero-order valence-electron chi connectivity index (χ0n) is 14.6. The van der Waals surface area contributed by atoms with Crippen LogP contribution in [-0.2, 0) is 0 Å². The molecule has 1 amide bonds. The Hall–Kier alpha value is -2.89. The topological polar surface area (TPSA) is 77.4 Å². The van der Waals surface area contributed by atoms with Gasteiger partial charge in [0, 0.05) is 6.20 Å². The second-order valence-electron chi connectivity index (χ2n) is 5.80. The van der Waals surface area contributed by atoms with Crippen LogP contribution in [0.15, 0.2) is 42.6 Å². The summed E-state index contributed by atoms with van der Waals surface area (Å²) in [4.78, 5) is 36.6. The molecule has 0 unspecified atom stereocenters. The molecular weight excluding hydrogens is 320 g/mol. The number of nitrogens with one attached hydrogen (secondary N) is 1. The van der Waals surface area contributed by atoms with Crippen molar-refractivity contribution in [3.63, 3.8) is 0 Å². The Balaban J connectivity index is 2.31. The molecule has 0 fully saturated rings. The molecule has 6 heteroatoms. The number of aromatic nitrogens is 1. The van der Waals surface area contributed by atoms with Gasteiger partial charge >= 0.3 is 0 Å². The Morgan fingerprint density at radius 1 is 1.24 bits per heavy atom. The van der Waals surface area contributed by atoms with E-state index in [0.717, 1.165) is 0 Å². The molecule has 6 nitrogen and oxygen atoms in total. The first-order chi connectivity index (χ1) is 12.0. The molecule has 2 atom stereocenters. The average Bonchev–Trinajstić information content (AvgIpc) is 3.13. The van der Waals surface area contributed by atoms with Crippen LogP contribution < -0.4 is 10.1 Å². The van der Waals surface area contributed by atoms with Gasteiger partial charge in [-0.15, -0.1) is 0 Å². The number of para-hydroxylation sites is 1. The summed E-state index contributed by atoms with van der Waals surface area (Å²) >= 11 is 0. The van der Waals surface area contributed by atoms with Gasteiger partial charge < -0.3 is 10.1 Å². The lowest BCUT2D eigenvalue weighted by Gasteiger charge is -2.24. The predicted octanol–water partition coefficient (Wildman–Crippen LogP) is 2.79. The van der Waals surface area contributed by atoms with E-state index in [1.807, 2.05) is 13.8 Å². The van der Waals surface area contributed by atoms with E-state index in [9.17, 15) is 14.4 Å². The third-order valence-corrected chi connectivity index (χ3v) is 4.26. The van der Waals surface area contributed by atoms with Crippen LogP contribution in [0.5, 0.6) is 5.75 Å². The second kappa shape index (κ2) is 8.28. The van der Waals surface area contributed by atoms with Crippen molar-refractivity contribution in [2.45, 2.75) is 26.3 Å². The van der Waals surface area contributed by atoms with E-state index in [4.69, 9.17) is 4.74 Å². The van der Waals surface area contributed by atoms with Gasteiger partial charge in [0.25, 0.3) is 11.8 Å². The van der Waals surface area contributed by atoms with Crippen molar-refractivity contribution in [1.29, 1.82) is 0 Å². The van der Waals surface area contributed by atoms with E-state index in [2.05, 4.69) is 5.32 Å².